The van der Waals surface area contributed by atoms with Crippen LogP contribution in [-0.4, -0.2) is 0 Å². The summed E-state index contributed by atoms with van der Waals surface area (Å²) in [5.41, 5.74) is 4.06. The van der Waals surface area contributed by atoms with Gasteiger partial charge in [0.25, 0.3) is 0 Å². The van der Waals surface area contributed by atoms with E-state index in [1.165, 1.54) is 16.7 Å². The van der Waals surface area contributed by atoms with Crippen molar-refractivity contribution < 1.29 is 0 Å². The fraction of sp³-hybridized carbons (Fsp3) is 0.263. The molecule has 0 nitrogen and oxygen atoms in total. The second-order valence-electron chi connectivity index (χ2n) is 5.10. The van der Waals surface area contributed by atoms with Crippen molar-refractivity contribution in [3.63, 3.8) is 0 Å². The Morgan fingerprint density at radius 1 is 0.895 bits per heavy atom. The summed E-state index contributed by atoms with van der Waals surface area (Å²) in [4.78, 5) is 0. The predicted octanol–water partition coefficient (Wildman–Crippen LogP) is 5.42. The minimum Gasteiger partial charge on any atom is -0.0996 e. The van der Waals surface area contributed by atoms with E-state index < -0.39 is 0 Å². The molecular weight excluding hydrogens is 228 g/mol. The van der Waals surface area contributed by atoms with Crippen LogP contribution in [-0.2, 0) is 0 Å². The van der Waals surface area contributed by atoms with Gasteiger partial charge in [0.2, 0.25) is 0 Å². The van der Waals surface area contributed by atoms with Gasteiger partial charge in [0.05, 0.1) is 0 Å². The first-order chi connectivity index (χ1) is 9.24. The fourth-order valence-corrected chi connectivity index (χ4v) is 2.65. The monoisotopic (exact) mass is 250 g/mol. The van der Waals surface area contributed by atoms with E-state index >= 15 is 0 Å². The summed E-state index contributed by atoms with van der Waals surface area (Å²) in [6.45, 7) is 8.72. The lowest BCUT2D eigenvalue weighted by molar-refractivity contribution is 0.576. The summed E-state index contributed by atoms with van der Waals surface area (Å²) < 4.78 is 0. The molecule has 2 aromatic carbocycles. The summed E-state index contributed by atoms with van der Waals surface area (Å²) in [5, 5.41) is 0. The highest BCUT2D eigenvalue weighted by Crippen LogP contribution is 2.36. The van der Waals surface area contributed by atoms with Crippen LogP contribution in [0, 0.1) is 5.92 Å². The van der Waals surface area contributed by atoms with Gasteiger partial charge >= 0.3 is 0 Å². The van der Waals surface area contributed by atoms with Crippen molar-refractivity contribution in [3.8, 4) is 0 Å². The molecule has 0 aliphatic carbocycles. The average molecular weight is 250 g/mol. The molecule has 0 radical (unpaired) electrons. The van der Waals surface area contributed by atoms with Crippen LogP contribution in [0.15, 0.2) is 72.8 Å². The molecule has 2 rings (SSSR count). The minimum atomic E-state index is 0.398. The Balaban J connectivity index is 2.43. The number of hydrogen-bond acceptors (Lipinski definition) is 0. The molecule has 98 valence electrons. The van der Waals surface area contributed by atoms with Crippen LogP contribution in [0.4, 0.5) is 0 Å². The minimum absolute atomic E-state index is 0.398. The molecule has 2 aromatic rings. The number of benzene rings is 2. The van der Waals surface area contributed by atoms with E-state index in [1.54, 1.807) is 0 Å². The zero-order valence-electron chi connectivity index (χ0n) is 11.8. The molecule has 0 amide bonds. The highest BCUT2D eigenvalue weighted by atomic mass is 14.3. The Hall–Kier alpha value is -1.82. The highest BCUT2D eigenvalue weighted by molar-refractivity contribution is 5.35. The van der Waals surface area contributed by atoms with Crippen molar-refractivity contribution in [2.45, 2.75) is 26.2 Å². The van der Waals surface area contributed by atoms with Gasteiger partial charge in [-0.1, -0.05) is 86.7 Å². The third-order valence-corrected chi connectivity index (χ3v) is 3.92. The Labute approximate surface area is 116 Å². The molecular formula is C19H22. The molecule has 1 atom stereocenters. The first kappa shape index (κ1) is 13.6. The Morgan fingerprint density at radius 3 is 1.68 bits per heavy atom. The molecule has 0 N–H and O–H groups in total. The lowest BCUT2D eigenvalue weighted by Gasteiger charge is -2.26. The average Bonchev–Trinajstić information content (AvgIpc) is 2.49. The quantitative estimate of drug-likeness (QED) is 0.621. The second-order valence-corrected chi connectivity index (χ2v) is 5.10. The van der Waals surface area contributed by atoms with Gasteiger partial charge in [0, 0.05) is 5.92 Å². The largest absolute Gasteiger partial charge is 0.0996 e. The lowest BCUT2D eigenvalue weighted by Crippen LogP contribution is -2.13. The second kappa shape index (κ2) is 6.38. The maximum absolute atomic E-state index is 4.25. The summed E-state index contributed by atoms with van der Waals surface area (Å²) in [6, 6.07) is 21.5. The van der Waals surface area contributed by atoms with Gasteiger partial charge in [-0.05, 0) is 23.5 Å². The third-order valence-electron chi connectivity index (χ3n) is 3.92. The van der Waals surface area contributed by atoms with Crippen LogP contribution in [0.1, 0.15) is 37.3 Å². The first-order valence-corrected chi connectivity index (χ1v) is 7.01. The van der Waals surface area contributed by atoms with Gasteiger partial charge < -0.3 is 0 Å². The van der Waals surface area contributed by atoms with Crippen molar-refractivity contribution in [1.29, 1.82) is 0 Å². The molecule has 0 aromatic heterocycles. The Kier molecular flexibility index (Phi) is 4.57. The Bertz CT molecular complexity index is 471. The standard InChI is InChI=1S/C19H22/c1-4-15(2)16(3)19(17-11-7-5-8-12-17)18-13-9-6-10-14-18/h5-14,16,19H,2,4H2,1,3H3. The van der Waals surface area contributed by atoms with Crippen molar-refractivity contribution in [2.24, 2.45) is 5.92 Å². The maximum Gasteiger partial charge on any atom is 0.0152 e. The van der Waals surface area contributed by atoms with Crippen LogP contribution in [0.3, 0.4) is 0 Å². The normalized spacial score (nSPS) is 12.4. The van der Waals surface area contributed by atoms with Crippen LogP contribution < -0.4 is 0 Å². The highest BCUT2D eigenvalue weighted by Gasteiger charge is 2.22. The number of rotatable bonds is 5. The van der Waals surface area contributed by atoms with Gasteiger partial charge in [-0.2, -0.15) is 0 Å². The molecule has 19 heavy (non-hydrogen) atoms. The van der Waals surface area contributed by atoms with E-state index in [1.807, 2.05) is 0 Å². The van der Waals surface area contributed by atoms with Crippen molar-refractivity contribution in [1.82, 2.24) is 0 Å². The molecule has 0 heteroatoms. The zero-order chi connectivity index (χ0) is 13.7. The molecule has 0 saturated carbocycles. The van der Waals surface area contributed by atoms with E-state index in [4.69, 9.17) is 0 Å². The zero-order valence-corrected chi connectivity index (χ0v) is 11.8. The van der Waals surface area contributed by atoms with Crippen LogP contribution in [0.5, 0.6) is 0 Å². The molecule has 0 aliphatic heterocycles. The van der Waals surface area contributed by atoms with E-state index in [9.17, 15) is 0 Å². The molecule has 0 bridgehead atoms. The fourth-order valence-electron chi connectivity index (χ4n) is 2.65. The molecule has 0 heterocycles. The smallest absolute Gasteiger partial charge is 0.0152 e. The maximum atomic E-state index is 4.25. The molecule has 0 aliphatic rings. The van der Waals surface area contributed by atoms with E-state index in [0.29, 0.717) is 11.8 Å². The van der Waals surface area contributed by atoms with Crippen molar-refractivity contribution >= 4 is 0 Å². The van der Waals surface area contributed by atoms with Crippen LogP contribution >= 0.6 is 0 Å². The summed E-state index contributed by atoms with van der Waals surface area (Å²) >= 11 is 0. The number of allylic oxidation sites excluding steroid dienone is 1. The van der Waals surface area contributed by atoms with E-state index in [-0.39, 0.29) is 0 Å². The summed E-state index contributed by atoms with van der Waals surface area (Å²) in [6.07, 6.45) is 1.04. The molecule has 0 fully saturated rings. The van der Waals surface area contributed by atoms with Gasteiger partial charge in [-0.3, -0.25) is 0 Å². The van der Waals surface area contributed by atoms with Crippen LogP contribution in [0.25, 0.3) is 0 Å². The summed E-state index contributed by atoms with van der Waals surface area (Å²) in [7, 11) is 0. The Morgan fingerprint density at radius 2 is 1.32 bits per heavy atom. The van der Waals surface area contributed by atoms with Crippen molar-refractivity contribution in [2.75, 3.05) is 0 Å². The van der Waals surface area contributed by atoms with Crippen molar-refractivity contribution in [3.05, 3.63) is 83.9 Å². The molecule has 0 saturated heterocycles. The van der Waals surface area contributed by atoms with Gasteiger partial charge in [0.1, 0.15) is 0 Å². The first-order valence-electron chi connectivity index (χ1n) is 7.01. The predicted molar refractivity (Wildman–Crippen MR) is 83.3 cm³/mol. The summed E-state index contributed by atoms with van der Waals surface area (Å²) in [5.74, 6) is 0.852. The van der Waals surface area contributed by atoms with Gasteiger partial charge in [0.15, 0.2) is 0 Å². The van der Waals surface area contributed by atoms with Gasteiger partial charge in [-0.25, -0.2) is 0 Å². The lowest BCUT2D eigenvalue weighted by atomic mass is 9.78. The number of hydrogen-bond donors (Lipinski definition) is 0. The van der Waals surface area contributed by atoms with Gasteiger partial charge in [-0.15, -0.1) is 0 Å². The SMILES string of the molecule is C=C(CC)C(C)C(c1ccccc1)c1ccccc1. The van der Waals surface area contributed by atoms with E-state index in [2.05, 4.69) is 81.1 Å². The molecule has 0 spiro atoms. The molecule has 1 unspecified atom stereocenters. The van der Waals surface area contributed by atoms with E-state index in [0.717, 1.165) is 6.42 Å². The third kappa shape index (κ3) is 3.14. The van der Waals surface area contributed by atoms with Crippen LogP contribution in [0.2, 0.25) is 0 Å². The topological polar surface area (TPSA) is 0 Å².